The van der Waals surface area contributed by atoms with Crippen molar-refractivity contribution in [2.24, 2.45) is 5.73 Å². The van der Waals surface area contributed by atoms with Crippen LogP contribution in [-0.4, -0.2) is 9.97 Å². The molecule has 0 amide bonds. The van der Waals surface area contributed by atoms with Crippen LogP contribution in [0.2, 0.25) is 0 Å². The summed E-state index contributed by atoms with van der Waals surface area (Å²) in [6.07, 6.45) is 3.97. The number of hydrogen-bond acceptors (Lipinski definition) is 2. The smallest absolute Gasteiger partial charge is 0.126 e. The maximum Gasteiger partial charge on any atom is 0.126 e. The van der Waals surface area contributed by atoms with Crippen molar-refractivity contribution < 1.29 is 0 Å². The molecule has 0 radical (unpaired) electrons. The molecule has 1 heterocycles. The predicted octanol–water partition coefficient (Wildman–Crippen LogP) is 2.95. The summed E-state index contributed by atoms with van der Waals surface area (Å²) in [5.41, 5.74) is 12.2. The molecule has 3 nitrogen and oxygen atoms in total. The van der Waals surface area contributed by atoms with Crippen LogP contribution in [0.15, 0.2) is 18.3 Å². The molecular weight excluding hydrogens is 222 g/mol. The van der Waals surface area contributed by atoms with Crippen molar-refractivity contribution in [1.82, 2.24) is 9.97 Å². The third kappa shape index (κ3) is 1.66. The molecule has 1 aliphatic rings. The van der Waals surface area contributed by atoms with E-state index in [0.717, 1.165) is 24.4 Å². The quantitative estimate of drug-likeness (QED) is 0.849. The van der Waals surface area contributed by atoms with Crippen LogP contribution in [0.25, 0.3) is 11.3 Å². The second kappa shape index (κ2) is 3.69. The molecule has 0 bridgehead atoms. The number of H-pyrrole nitrogens is 1. The summed E-state index contributed by atoms with van der Waals surface area (Å²) in [5, 5.41) is 0. The second-order valence-corrected chi connectivity index (χ2v) is 5.48. The largest absolute Gasteiger partial charge is 0.340 e. The Kier molecular flexibility index (Phi) is 2.35. The zero-order chi connectivity index (χ0) is 12.9. The van der Waals surface area contributed by atoms with Crippen LogP contribution < -0.4 is 5.73 Å². The standard InChI is InChI=1S/C15H19N3/c1-9-4-5-12(11(3)10(9)2)13-8-17-14(18-13)15(16)6-7-15/h4-5,8H,6-7,16H2,1-3H3,(H,17,18). The van der Waals surface area contributed by atoms with Gasteiger partial charge in [-0.1, -0.05) is 12.1 Å². The molecule has 18 heavy (non-hydrogen) atoms. The van der Waals surface area contributed by atoms with E-state index in [2.05, 4.69) is 42.9 Å². The van der Waals surface area contributed by atoms with Gasteiger partial charge in [0.15, 0.2) is 0 Å². The first-order chi connectivity index (χ1) is 8.51. The summed E-state index contributed by atoms with van der Waals surface area (Å²) in [4.78, 5) is 7.82. The van der Waals surface area contributed by atoms with Gasteiger partial charge in [0.25, 0.3) is 0 Å². The van der Waals surface area contributed by atoms with Crippen LogP contribution in [0.5, 0.6) is 0 Å². The Bertz CT molecular complexity index is 606. The minimum Gasteiger partial charge on any atom is -0.340 e. The summed E-state index contributed by atoms with van der Waals surface area (Å²) in [5.74, 6) is 0.926. The molecule has 1 aromatic carbocycles. The Hall–Kier alpha value is -1.61. The summed E-state index contributed by atoms with van der Waals surface area (Å²) in [6.45, 7) is 6.47. The highest BCUT2D eigenvalue weighted by atomic mass is 15.0. The summed E-state index contributed by atoms with van der Waals surface area (Å²) in [6, 6.07) is 4.32. The topological polar surface area (TPSA) is 54.7 Å². The van der Waals surface area contributed by atoms with Crippen molar-refractivity contribution in [3.05, 3.63) is 40.8 Å². The molecule has 0 saturated heterocycles. The number of nitrogens with zero attached hydrogens (tertiary/aromatic N) is 1. The molecule has 0 aliphatic heterocycles. The Morgan fingerprint density at radius 2 is 1.89 bits per heavy atom. The fourth-order valence-corrected chi connectivity index (χ4v) is 2.33. The van der Waals surface area contributed by atoms with E-state index < -0.39 is 0 Å². The van der Waals surface area contributed by atoms with E-state index >= 15 is 0 Å². The molecule has 94 valence electrons. The Labute approximate surface area is 107 Å². The molecule has 3 N–H and O–H groups in total. The average molecular weight is 241 g/mol. The Morgan fingerprint density at radius 3 is 2.56 bits per heavy atom. The van der Waals surface area contributed by atoms with Gasteiger partial charge in [0.2, 0.25) is 0 Å². The highest BCUT2D eigenvalue weighted by Crippen LogP contribution is 2.41. The van der Waals surface area contributed by atoms with Crippen molar-refractivity contribution in [1.29, 1.82) is 0 Å². The van der Waals surface area contributed by atoms with Gasteiger partial charge < -0.3 is 10.7 Å². The van der Waals surface area contributed by atoms with Crippen LogP contribution in [0.1, 0.15) is 35.4 Å². The molecule has 0 spiro atoms. The lowest BCUT2D eigenvalue weighted by atomic mass is 9.97. The van der Waals surface area contributed by atoms with Gasteiger partial charge in [-0.25, -0.2) is 4.98 Å². The van der Waals surface area contributed by atoms with E-state index in [1.54, 1.807) is 0 Å². The van der Waals surface area contributed by atoms with Crippen molar-refractivity contribution >= 4 is 0 Å². The minimum atomic E-state index is -0.189. The van der Waals surface area contributed by atoms with Crippen LogP contribution in [-0.2, 0) is 5.54 Å². The molecule has 1 aliphatic carbocycles. The number of imidazole rings is 1. The molecule has 1 saturated carbocycles. The van der Waals surface area contributed by atoms with Gasteiger partial charge in [0, 0.05) is 5.56 Å². The average Bonchev–Trinajstić information content (AvgIpc) is 2.92. The molecule has 3 heteroatoms. The number of benzene rings is 1. The normalized spacial score (nSPS) is 16.9. The van der Waals surface area contributed by atoms with Crippen molar-refractivity contribution in [3.8, 4) is 11.3 Å². The lowest BCUT2D eigenvalue weighted by Crippen LogP contribution is -2.20. The SMILES string of the molecule is Cc1ccc(-c2cnc(C3(N)CC3)[nH]2)c(C)c1C. The third-order valence-corrected chi connectivity index (χ3v) is 4.18. The fraction of sp³-hybridized carbons (Fsp3) is 0.400. The molecule has 2 aromatic rings. The maximum atomic E-state index is 6.16. The number of aromatic amines is 1. The van der Waals surface area contributed by atoms with Gasteiger partial charge in [0.1, 0.15) is 5.82 Å². The number of rotatable bonds is 2. The first kappa shape index (κ1) is 11.5. The molecular formula is C15H19N3. The number of aromatic nitrogens is 2. The van der Waals surface area contributed by atoms with Crippen LogP contribution in [0.3, 0.4) is 0 Å². The minimum absolute atomic E-state index is 0.189. The highest BCUT2D eigenvalue weighted by Gasteiger charge is 2.42. The zero-order valence-electron chi connectivity index (χ0n) is 11.2. The monoisotopic (exact) mass is 241 g/mol. The maximum absolute atomic E-state index is 6.16. The van der Waals surface area contributed by atoms with Crippen molar-refractivity contribution in [3.63, 3.8) is 0 Å². The first-order valence-electron chi connectivity index (χ1n) is 6.43. The Balaban J connectivity index is 2.05. The van der Waals surface area contributed by atoms with E-state index in [1.807, 2.05) is 6.20 Å². The molecule has 0 atom stereocenters. The summed E-state index contributed by atoms with van der Waals surface area (Å²) < 4.78 is 0. The van der Waals surface area contributed by atoms with Gasteiger partial charge in [-0.2, -0.15) is 0 Å². The number of nitrogens with two attached hydrogens (primary N) is 1. The van der Waals surface area contributed by atoms with Gasteiger partial charge in [-0.3, -0.25) is 0 Å². The molecule has 1 fully saturated rings. The predicted molar refractivity (Wildman–Crippen MR) is 73.3 cm³/mol. The lowest BCUT2D eigenvalue weighted by molar-refractivity contribution is 0.685. The summed E-state index contributed by atoms with van der Waals surface area (Å²) in [7, 11) is 0. The number of aryl methyl sites for hydroxylation is 1. The molecule has 1 aromatic heterocycles. The van der Waals surface area contributed by atoms with Crippen molar-refractivity contribution in [2.45, 2.75) is 39.2 Å². The first-order valence-corrected chi connectivity index (χ1v) is 6.43. The highest BCUT2D eigenvalue weighted by molar-refractivity contribution is 5.65. The van der Waals surface area contributed by atoms with E-state index in [4.69, 9.17) is 5.73 Å². The number of hydrogen-bond donors (Lipinski definition) is 2. The van der Waals surface area contributed by atoms with Gasteiger partial charge in [0.05, 0.1) is 17.4 Å². The van der Waals surface area contributed by atoms with E-state index in [9.17, 15) is 0 Å². The van der Waals surface area contributed by atoms with Gasteiger partial charge >= 0.3 is 0 Å². The van der Waals surface area contributed by atoms with Gasteiger partial charge in [-0.05, 0) is 50.3 Å². The van der Waals surface area contributed by atoms with Crippen LogP contribution in [0.4, 0.5) is 0 Å². The lowest BCUT2D eigenvalue weighted by Gasteiger charge is -2.10. The Morgan fingerprint density at radius 1 is 1.17 bits per heavy atom. The van der Waals surface area contributed by atoms with E-state index in [-0.39, 0.29) is 5.54 Å². The molecule has 3 rings (SSSR count). The van der Waals surface area contributed by atoms with Crippen molar-refractivity contribution in [2.75, 3.05) is 0 Å². The van der Waals surface area contributed by atoms with E-state index in [1.165, 1.54) is 22.3 Å². The van der Waals surface area contributed by atoms with Crippen LogP contribution in [0, 0.1) is 20.8 Å². The number of nitrogens with one attached hydrogen (secondary N) is 1. The van der Waals surface area contributed by atoms with Crippen LogP contribution >= 0.6 is 0 Å². The van der Waals surface area contributed by atoms with E-state index in [0.29, 0.717) is 0 Å². The molecule has 0 unspecified atom stereocenters. The fourth-order valence-electron chi connectivity index (χ4n) is 2.33. The zero-order valence-corrected chi connectivity index (χ0v) is 11.2. The summed E-state index contributed by atoms with van der Waals surface area (Å²) >= 11 is 0. The van der Waals surface area contributed by atoms with Gasteiger partial charge in [-0.15, -0.1) is 0 Å². The second-order valence-electron chi connectivity index (χ2n) is 5.48. The third-order valence-electron chi connectivity index (χ3n) is 4.18.